The molecule has 0 unspecified atom stereocenters. The number of primary amides is 1. The lowest BCUT2D eigenvalue weighted by atomic mass is 10.2. The number of phenolic OH excluding ortho intramolecular Hbond substituents is 1. The van der Waals surface area contributed by atoms with E-state index in [-0.39, 0.29) is 5.75 Å². The van der Waals surface area contributed by atoms with Crippen molar-refractivity contribution in [3.8, 4) is 5.75 Å². The number of carbonyl (C=O) groups excluding carboxylic acids is 1. The number of benzene rings is 1. The van der Waals surface area contributed by atoms with Gasteiger partial charge < -0.3 is 16.2 Å². The predicted molar refractivity (Wildman–Crippen MR) is 53.6 cm³/mol. The summed E-state index contributed by atoms with van der Waals surface area (Å²) in [4.78, 5) is 10.7. The SMILES string of the molecule is C[C@H](NCc1ccccc1O)C(N)=O. The Hall–Kier alpha value is -1.55. The first kappa shape index (κ1) is 10.5. The molecule has 0 aliphatic carbocycles. The second-order valence-electron chi connectivity index (χ2n) is 3.13. The average Bonchev–Trinajstić information content (AvgIpc) is 2.16. The molecule has 0 spiro atoms. The molecule has 0 heterocycles. The summed E-state index contributed by atoms with van der Waals surface area (Å²) in [6, 6.07) is 6.57. The Morgan fingerprint density at radius 1 is 1.57 bits per heavy atom. The number of phenols is 1. The van der Waals surface area contributed by atoms with Crippen molar-refractivity contribution in [2.45, 2.75) is 19.5 Å². The molecule has 0 saturated heterocycles. The molecule has 0 saturated carbocycles. The third-order valence-electron chi connectivity index (χ3n) is 2.02. The summed E-state index contributed by atoms with van der Waals surface area (Å²) < 4.78 is 0. The molecule has 4 N–H and O–H groups in total. The van der Waals surface area contributed by atoms with E-state index in [4.69, 9.17) is 5.73 Å². The van der Waals surface area contributed by atoms with E-state index in [1.165, 1.54) is 0 Å². The monoisotopic (exact) mass is 194 g/mol. The van der Waals surface area contributed by atoms with Gasteiger partial charge in [-0.3, -0.25) is 4.79 Å². The summed E-state index contributed by atoms with van der Waals surface area (Å²) in [7, 11) is 0. The molecule has 4 heteroatoms. The molecule has 0 aliphatic heterocycles. The van der Waals surface area contributed by atoms with Crippen LogP contribution in [0.25, 0.3) is 0 Å². The number of rotatable bonds is 4. The van der Waals surface area contributed by atoms with Crippen LogP contribution in [-0.4, -0.2) is 17.1 Å². The summed E-state index contributed by atoms with van der Waals surface area (Å²) >= 11 is 0. The van der Waals surface area contributed by atoms with Gasteiger partial charge in [0.2, 0.25) is 5.91 Å². The van der Waals surface area contributed by atoms with E-state index < -0.39 is 11.9 Å². The van der Waals surface area contributed by atoms with Crippen LogP contribution in [-0.2, 0) is 11.3 Å². The highest BCUT2D eigenvalue weighted by atomic mass is 16.3. The van der Waals surface area contributed by atoms with Gasteiger partial charge in [0.05, 0.1) is 6.04 Å². The minimum absolute atomic E-state index is 0.219. The van der Waals surface area contributed by atoms with Crippen molar-refractivity contribution in [3.05, 3.63) is 29.8 Å². The molecule has 0 radical (unpaired) electrons. The number of hydrogen-bond acceptors (Lipinski definition) is 3. The zero-order valence-electron chi connectivity index (χ0n) is 8.03. The fourth-order valence-electron chi connectivity index (χ4n) is 1.02. The van der Waals surface area contributed by atoms with Crippen molar-refractivity contribution < 1.29 is 9.90 Å². The Labute approximate surface area is 82.7 Å². The maximum Gasteiger partial charge on any atom is 0.234 e. The number of nitrogens with two attached hydrogens (primary N) is 1. The average molecular weight is 194 g/mol. The largest absolute Gasteiger partial charge is 0.508 e. The number of hydrogen-bond donors (Lipinski definition) is 3. The topological polar surface area (TPSA) is 75.3 Å². The Morgan fingerprint density at radius 3 is 2.79 bits per heavy atom. The molecular weight excluding hydrogens is 180 g/mol. The minimum atomic E-state index is -0.402. The molecule has 1 amide bonds. The van der Waals surface area contributed by atoms with Gasteiger partial charge in [-0.1, -0.05) is 18.2 Å². The van der Waals surface area contributed by atoms with Crippen molar-refractivity contribution in [1.29, 1.82) is 0 Å². The van der Waals surface area contributed by atoms with Crippen LogP contribution in [0.1, 0.15) is 12.5 Å². The van der Waals surface area contributed by atoms with Crippen molar-refractivity contribution in [3.63, 3.8) is 0 Å². The van der Waals surface area contributed by atoms with E-state index in [2.05, 4.69) is 5.32 Å². The maximum absolute atomic E-state index is 10.7. The molecule has 1 aromatic carbocycles. The second kappa shape index (κ2) is 4.62. The minimum Gasteiger partial charge on any atom is -0.508 e. The van der Waals surface area contributed by atoms with Crippen LogP contribution in [0, 0.1) is 0 Å². The summed E-state index contributed by atoms with van der Waals surface area (Å²) in [5.74, 6) is -0.183. The van der Waals surface area contributed by atoms with Crippen LogP contribution in [0.15, 0.2) is 24.3 Å². The van der Waals surface area contributed by atoms with Gasteiger partial charge in [0.25, 0.3) is 0 Å². The molecule has 0 aromatic heterocycles. The Balaban J connectivity index is 2.54. The lowest BCUT2D eigenvalue weighted by Gasteiger charge is -2.10. The van der Waals surface area contributed by atoms with E-state index in [0.717, 1.165) is 5.56 Å². The zero-order chi connectivity index (χ0) is 10.6. The zero-order valence-corrected chi connectivity index (χ0v) is 8.03. The molecular formula is C10H14N2O2. The van der Waals surface area contributed by atoms with Crippen LogP contribution in [0.5, 0.6) is 5.75 Å². The molecule has 0 fully saturated rings. The van der Waals surface area contributed by atoms with Gasteiger partial charge in [-0.05, 0) is 13.0 Å². The lowest BCUT2D eigenvalue weighted by Crippen LogP contribution is -2.38. The van der Waals surface area contributed by atoms with Crippen LogP contribution in [0.4, 0.5) is 0 Å². The second-order valence-corrected chi connectivity index (χ2v) is 3.13. The summed E-state index contributed by atoms with van der Waals surface area (Å²) in [5, 5.41) is 12.3. The third-order valence-corrected chi connectivity index (χ3v) is 2.02. The van der Waals surface area contributed by atoms with Crippen molar-refractivity contribution >= 4 is 5.91 Å². The summed E-state index contributed by atoms with van der Waals surface area (Å²) in [5.41, 5.74) is 5.82. The number of nitrogens with one attached hydrogen (secondary N) is 1. The highest BCUT2D eigenvalue weighted by Crippen LogP contribution is 2.14. The molecule has 76 valence electrons. The predicted octanol–water partition coefficient (Wildman–Crippen LogP) is 0.356. The van der Waals surface area contributed by atoms with Gasteiger partial charge in [-0.2, -0.15) is 0 Å². The maximum atomic E-state index is 10.7. The van der Waals surface area contributed by atoms with E-state index in [0.29, 0.717) is 6.54 Å². The van der Waals surface area contributed by atoms with Crippen LogP contribution < -0.4 is 11.1 Å². The number of amides is 1. The number of para-hydroxylation sites is 1. The van der Waals surface area contributed by atoms with Gasteiger partial charge in [0, 0.05) is 12.1 Å². The molecule has 1 atom stereocenters. The molecule has 4 nitrogen and oxygen atoms in total. The van der Waals surface area contributed by atoms with E-state index in [9.17, 15) is 9.90 Å². The fraction of sp³-hybridized carbons (Fsp3) is 0.300. The Kier molecular flexibility index (Phi) is 3.48. The van der Waals surface area contributed by atoms with Crippen LogP contribution in [0.2, 0.25) is 0 Å². The lowest BCUT2D eigenvalue weighted by molar-refractivity contribution is -0.119. The van der Waals surface area contributed by atoms with Gasteiger partial charge >= 0.3 is 0 Å². The molecule has 0 bridgehead atoms. The summed E-state index contributed by atoms with van der Waals surface area (Å²) in [6.45, 7) is 2.11. The Morgan fingerprint density at radius 2 is 2.21 bits per heavy atom. The highest BCUT2D eigenvalue weighted by Gasteiger charge is 2.08. The molecule has 14 heavy (non-hydrogen) atoms. The Bertz CT molecular complexity index is 326. The van der Waals surface area contributed by atoms with E-state index >= 15 is 0 Å². The van der Waals surface area contributed by atoms with Gasteiger partial charge in [-0.15, -0.1) is 0 Å². The number of aromatic hydroxyl groups is 1. The highest BCUT2D eigenvalue weighted by molar-refractivity contribution is 5.79. The molecule has 0 aliphatic rings. The standard InChI is InChI=1S/C10H14N2O2/c1-7(10(11)14)12-6-8-4-2-3-5-9(8)13/h2-5,7,12-13H,6H2,1H3,(H2,11,14)/t7-/m0/s1. The van der Waals surface area contributed by atoms with Crippen molar-refractivity contribution in [2.24, 2.45) is 5.73 Å². The van der Waals surface area contributed by atoms with E-state index in [1.807, 2.05) is 6.07 Å². The first-order valence-electron chi connectivity index (χ1n) is 4.41. The number of carbonyl (C=O) groups is 1. The quantitative estimate of drug-likeness (QED) is 0.647. The fourth-order valence-corrected chi connectivity index (χ4v) is 1.02. The first-order valence-corrected chi connectivity index (χ1v) is 4.41. The first-order chi connectivity index (χ1) is 6.61. The van der Waals surface area contributed by atoms with Crippen LogP contribution in [0.3, 0.4) is 0 Å². The van der Waals surface area contributed by atoms with Crippen molar-refractivity contribution in [1.82, 2.24) is 5.32 Å². The van der Waals surface area contributed by atoms with Gasteiger partial charge in [0.15, 0.2) is 0 Å². The van der Waals surface area contributed by atoms with Crippen molar-refractivity contribution in [2.75, 3.05) is 0 Å². The third kappa shape index (κ3) is 2.74. The summed E-state index contributed by atoms with van der Waals surface area (Å²) in [6.07, 6.45) is 0. The van der Waals surface area contributed by atoms with Gasteiger partial charge in [-0.25, -0.2) is 0 Å². The van der Waals surface area contributed by atoms with E-state index in [1.54, 1.807) is 25.1 Å². The molecule has 1 rings (SSSR count). The normalized spacial score (nSPS) is 12.4. The van der Waals surface area contributed by atoms with Gasteiger partial charge in [0.1, 0.15) is 5.75 Å². The smallest absolute Gasteiger partial charge is 0.234 e. The van der Waals surface area contributed by atoms with Crippen LogP contribution >= 0.6 is 0 Å². The molecule has 1 aromatic rings.